The predicted octanol–water partition coefficient (Wildman–Crippen LogP) is 2.76. The Morgan fingerprint density at radius 2 is 0.567 bits per heavy atom. The Hall–Kier alpha value is -0.240. The van der Waals surface area contributed by atoms with E-state index in [0.29, 0.717) is 12.8 Å². The van der Waals surface area contributed by atoms with Gasteiger partial charge >= 0.3 is 0 Å². The third-order valence-corrected chi connectivity index (χ3v) is 8.09. The van der Waals surface area contributed by atoms with Crippen LogP contribution in [-0.2, 0) is 0 Å². The van der Waals surface area contributed by atoms with Crippen molar-refractivity contribution in [2.75, 3.05) is 39.6 Å². The van der Waals surface area contributed by atoms with Crippen molar-refractivity contribution in [3.63, 3.8) is 0 Å². The van der Waals surface area contributed by atoms with Crippen molar-refractivity contribution in [1.29, 1.82) is 0 Å². The zero-order chi connectivity index (χ0) is 22.3. The van der Waals surface area contributed by atoms with Gasteiger partial charge in [0.1, 0.15) is 0 Å². The SMILES string of the molecule is OCC1(CO)CCCCCCCCCCCCCCCC(CO)(CO)C1(CO)CO. The molecule has 1 aliphatic carbocycles. The molecule has 1 rings (SSSR count). The fourth-order valence-corrected chi connectivity index (χ4v) is 5.65. The van der Waals surface area contributed by atoms with Crippen LogP contribution in [0.3, 0.4) is 0 Å². The fraction of sp³-hybridized carbons (Fsp3) is 1.00. The van der Waals surface area contributed by atoms with Gasteiger partial charge in [0.25, 0.3) is 0 Å². The maximum atomic E-state index is 10.5. The average Bonchev–Trinajstić information content (AvgIpc) is 2.79. The van der Waals surface area contributed by atoms with Gasteiger partial charge in [-0.25, -0.2) is 0 Å². The summed E-state index contributed by atoms with van der Waals surface area (Å²) in [6.45, 7) is -2.66. The first-order valence-corrected chi connectivity index (χ1v) is 12.2. The van der Waals surface area contributed by atoms with Crippen molar-refractivity contribution in [2.24, 2.45) is 16.2 Å². The summed E-state index contributed by atoms with van der Waals surface area (Å²) < 4.78 is 0. The van der Waals surface area contributed by atoms with E-state index >= 15 is 0 Å². The van der Waals surface area contributed by atoms with Gasteiger partial charge in [0, 0.05) is 16.2 Å². The normalized spacial score (nSPS) is 24.6. The van der Waals surface area contributed by atoms with Gasteiger partial charge in [0.15, 0.2) is 0 Å². The van der Waals surface area contributed by atoms with Crippen molar-refractivity contribution in [1.82, 2.24) is 0 Å². The van der Waals surface area contributed by atoms with E-state index in [1.54, 1.807) is 0 Å². The van der Waals surface area contributed by atoms with Crippen molar-refractivity contribution in [3.05, 3.63) is 0 Å². The van der Waals surface area contributed by atoms with Crippen LogP contribution < -0.4 is 0 Å². The Morgan fingerprint density at radius 3 is 0.767 bits per heavy atom. The zero-order valence-corrected chi connectivity index (χ0v) is 19.0. The van der Waals surface area contributed by atoms with Crippen LogP contribution in [0.25, 0.3) is 0 Å². The molecule has 0 amide bonds. The van der Waals surface area contributed by atoms with E-state index in [1.807, 2.05) is 0 Å². The lowest BCUT2D eigenvalue weighted by molar-refractivity contribution is -0.214. The monoisotopic (exact) mass is 432 g/mol. The number of aliphatic hydroxyl groups is 6. The van der Waals surface area contributed by atoms with Crippen LogP contribution in [-0.4, -0.2) is 70.3 Å². The lowest BCUT2D eigenvalue weighted by atomic mass is 9.49. The van der Waals surface area contributed by atoms with Crippen LogP contribution in [0.15, 0.2) is 0 Å². The lowest BCUT2D eigenvalue weighted by Gasteiger charge is -2.57. The summed E-state index contributed by atoms with van der Waals surface area (Å²) in [7, 11) is 0. The van der Waals surface area contributed by atoms with Gasteiger partial charge in [-0.3, -0.25) is 0 Å². The van der Waals surface area contributed by atoms with Crippen molar-refractivity contribution < 1.29 is 30.6 Å². The second-order valence-corrected chi connectivity index (χ2v) is 9.69. The Morgan fingerprint density at radius 1 is 0.333 bits per heavy atom. The minimum Gasteiger partial charge on any atom is -0.396 e. The molecule has 0 radical (unpaired) electrons. The summed E-state index contributed by atoms with van der Waals surface area (Å²) in [5.74, 6) is 0. The molecular weight excluding hydrogens is 384 g/mol. The molecule has 6 N–H and O–H groups in total. The molecule has 0 heterocycles. The van der Waals surface area contributed by atoms with Crippen LogP contribution in [0.5, 0.6) is 0 Å². The molecule has 0 aromatic heterocycles. The maximum absolute atomic E-state index is 10.5. The maximum Gasteiger partial charge on any atom is 0.0523 e. The van der Waals surface area contributed by atoms with Crippen LogP contribution in [0.4, 0.5) is 0 Å². The Labute approximate surface area is 183 Å². The second-order valence-electron chi connectivity index (χ2n) is 9.69. The van der Waals surface area contributed by atoms with E-state index in [2.05, 4.69) is 0 Å². The fourth-order valence-electron chi connectivity index (χ4n) is 5.65. The zero-order valence-electron chi connectivity index (χ0n) is 19.0. The van der Waals surface area contributed by atoms with E-state index in [1.165, 1.54) is 44.9 Å². The number of aliphatic hydroxyl groups excluding tert-OH is 6. The van der Waals surface area contributed by atoms with E-state index in [-0.39, 0.29) is 0 Å². The highest BCUT2D eigenvalue weighted by atomic mass is 16.3. The highest BCUT2D eigenvalue weighted by molar-refractivity contribution is 5.08. The number of hydrogen-bond acceptors (Lipinski definition) is 6. The summed E-state index contributed by atoms with van der Waals surface area (Å²) in [4.78, 5) is 0. The smallest absolute Gasteiger partial charge is 0.0523 e. The van der Waals surface area contributed by atoms with E-state index in [4.69, 9.17) is 0 Å². The largest absolute Gasteiger partial charge is 0.396 e. The van der Waals surface area contributed by atoms with Crippen LogP contribution in [0, 0.1) is 16.2 Å². The molecule has 1 fully saturated rings. The van der Waals surface area contributed by atoms with Gasteiger partial charge < -0.3 is 30.6 Å². The molecule has 0 aromatic rings. The Bertz CT molecular complexity index is 382. The minimum atomic E-state index is -1.38. The standard InChI is InChI=1S/C24H48O6/c25-16-22(17-26)14-12-10-8-6-4-2-1-3-5-7-9-11-13-15-23(18-27,19-28)24(22,20-29)21-30/h25-30H,1-21H2. The third kappa shape index (κ3) is 6.39. The molecule has 6 nitrogen and oxygen atoms in total. The molecule has 0 spiro atoms. The quantitative estimate of drug-likeness (QED) is 0.384. The van der Waals surface area contributed by atoms with E-state index < -0.39 is 55.9 Å². The highest BCUT2D eigenvalue weighted by Gasteiger charge is 2.61. The number of hydrogen-bond donors (Lipinski definition) is 6. The molecule has 6 heteroatoms. The van der Waals surface area contributed by atoms with Crippen LogP contribution in [0.2, 0.25) is 0 Å². The Balaban J connectivity index is 3.18. The Kier molecular flexibility index (Phi) is 13.7. The predicted molar refractivity (Wildman–Crippen MR) is 119 cm³/mol. The van der Waals surface area contributed by atoms with Crippen molar-refractivity contribution >= 4 is 0 Å². The first-order valence-electron chi connectivity index (χ1n) is 12.2. The summed E-state index contributed by atoms with van der Waals surface area (Å²) in [5, 5.41) is 62.5. The molecule has 180 valence electrons. The topological polar surface area (TPSA) is 121 Å². The van der Waals surface area contributed by atoms with Crippen molar-refractivity contribution in [3.8, 4) is 0 Å². The average molecular weight is 433 g/mol. The van der Waals surface area contributed by atoms with Gasteiger partial charge in [-0.1, -0.05) is 83.5 Å². The van der Waals surface area contributed by atoms with Crippen LogP contribution >= 0.6 is 0 Å². The summed E-state index contributed by atoms with van der Waals surface area (Å²) in [5.41, 5.74) is -3.72. The molecule has 0 bridgehead atoms. The molecule has 0 saturated heterocycles. The summed E-state index contributed by atoms with van der Waals surface area (Å²) >= 11 is 0. The van der Waals surface area contributed by atoms with Gasteiger partial charge in [0.2, 0.25) is 0 Å². The van der Waals surface area contributed by atoms with Gasteiger partial charge in [-0.15, -0.1) is 0 Å². The summed E-state index contributed by atoms with van der Waals surface area (Å²) in [6, 6.07) is 0. The summed E-state index contributed by atoms with van der Waals surface area (Å²) in [6.07, 6.45) is 15.2. The molecule has 30 heavy (non-hydrogen) atoms. The molecular formula is C24H48O6. The van der Waals surface area contributed by atoms with E-state index in [9.17, 15) is 30.6 Å². The first kappa shape index (κ1) is 27.8. The molecule has 1 aliphatic rings. The molecule has 0 aliphatic heterocycles. The molecule has 0 unspecified atom stereocenters. The van der Waals surface area contributed by atoms with Crippen molar-refractivity contribution in [2.45, 2.75) is 96.3 Å². The molecule has 1 saturated carbocycles. The highest BCUT2D eigenvalue weighted by Crippen LogP contribution is 2.56. The van der Waals surface area contributed by atoms with Gasteiger partial charge in [0.05, 0.1) is 39.6 Å². The molecule has 0 atom stereocenters. The lowest BCUT2D eigenvalue weighted by Crippen LogP contribution is -2.64. The number of rotatable bonds is 6. The third-order valence-electron chi connectivity index (χ3n) is 8.09. The molecule has 0 aromatic carbocycles. The first-order chi connectivity index (χ1) is 14.6. The van der Waals surface area contributed by atoms with Crippen LogP contribution in [0.1, 0.15) is 96.3 Å². The second kappa shape index (κ2) is 14.8. The van der Waals surface area contributed by atoms with Gasteiger partial charge in [-0.2, -0.15) is 0 Å². The van der Waals surface area contributed by atoms with Gasteiger partial charge in [-0.05, 0) is 12.8 Å². The minimum absolute atomic E-state index is 0.410. The van der Waals surface area contributed by atoms with E-state index in [0.717, 1.165) is 38.5 Å².